The normalized spacial score (nSPS) is 10.6. The molecule has 0 amide bonds. The summed E-state index contributed by atoms with van der Waals surface area (Å²) in [6.07, 6.45) is 0. The first kappa shape index (κ1) is 11.0. The van der Waals surface area contributed by atoms with Crippen molar-refractivity contribution in [3.8, 4) is 11.3 Å². The van der Waals surface area contributed by atoms with Crippen LogP contribution in [-0.2, 0) is 0 Å². The Morgan fingerprint density at radius 1 is 0.750 bits per heavy atom. The zero-order valence-corrected chi connectivity index (χ0v) is 10.8. The van der Waals surface area contributed by atoms with Crippen LogP contribution in [0.4, 0.5) is 0 Å². The molecule has 0 fully saturated rings. The van der Waals surface area contributed by atoms with Gasteiger partial charge >= 0.3 is 0 Å². The molecule has 1 heterocycles. The molecule has 1 nitrogen and oxygen atoms in total. The minimum atomic E-state index is 0.987. The first-order valence-electron chi connectivity index (χ1n) is 6.59. The highest BCUT2D eigenvalue weighted by atomic mass is 14.7. The zero-order chi connectivity index (χ0) is 13.4. The number of nitrogens with zero attached hydrogens (tertiary/aromatic N) is 1. The van der Waals surface area contributed by atoms with E-state index in [9.17, 15) is 0 Å². The minimum Gasteiger partial charge on any atom is -0.246 e. The summed E-state index contributed by atoms with van der Waals surface area (Å²) >= 11 is 0. The third kappa shape index (κ3) is 1.71. The highest BCUT2D eigenvalue weighted by Gasteiger charge is 2.04. The number of hydrogen-bond acceptors (Lipinski definition) is 1. The maximum atomic E-state index is 4.82. The van der Waals surface area contributed by atoms with Gasteiger partial charge in [0.1, 0.15) is 0 Å². The number of aromatic nitrogens is 1. The summed E-state index contributed by atoms with van der Waals surface area (Å²) < 4.78 is 0. The number of fused-ring (bicyclic) bond motifs is 3. The predicted molar refractivity (Wildman–Crippen MR) is 82.4 cm³/mol. The highest BCUT2D eigenvalue weighted by molar-refractivity contribution is 6.04. The molecule has 0 aliphatic carbocycles. The lowest BCUT2D eigenvalue weighted by atomic mass is 10.1. The third-order valence-corrected chi connectivity index (χ3v) is 3.51. The molecule has 0 unspecified atom stereocenters. The van der Waals surface area contributed by atoms with Crippen LogP contribution in [0.3, 0.4) is 0 Å². The summed E-state index contributed by atoms with van der Waals surface area (Å²) in [5, 5.41) is 3.31. The fourth-order valence-corrected chi connectivity index (χ4v) is 2.49. The van der Waals surface area contributed by atoms with E-state index in [4.69, 9.17) is 4.98 Å². The molecule has 0 bridgehead atoms. The summed E-state index contributed by atoms with van der Waals surface area (Å²) in [4.78, 5) is 4.82. The molecule has 0 spiro atoms. The van der Waals surface area contributed by atoms with Crippen LogP contribution in [0.2, 0.25) is 0 Å². The summed E-state index contributed by atoms with van der Waals surface area (Å²) in [5.41, 5.74) is 3.11. The smallest absolute Gasteiger partial charge is 0.0872 e. The molecule has 0 atom stereocenters. The third-order valence-electron chi connectivity index (χ3n) is 3.51. The van der Waals surface area contributed by atoms with Crippen molar-refractivity contribution in [1.82, 2.24) is 4.98 Å². The van der Waals surface area contributed by atoms with Crippen molar-refractivity contribution in [3.05, 3.63) is 78.9 Å². The number of benzene rings is 2. The molecule has 0 saturated carbocycles. The van der Waals surface area contributed by atoms with Crippen LogP contribution in [-0.4, -0.2) is 4.98 Å². The van der Waals surface area contributed by atoms with Crippen molar-refractivity contribution in [2.75, 3.05) is 0 Å². The van der Waals surface area contributed by atoms with Gasteiger partial charge in [-0.05, 0) is 23.6 Å². The van der Waals surface area contributed by atoms with Gasteiger partial charge in [0.05, 0.1) is 16.6 Å². The van der Waals surface area contributed by atoms with Gasteiger partial charge in [-0.3, -0.25) is 0 Å². The van der Waals surface area contributed by atoms with Crippen LogP contribution in [0.1, 0.15) is 0 Å². The minimum absolute atomic E-state index is 0.987. The Balaban J connectivity index is 2.05. The summed E-state index contributed by atoms with van der Waals surface area (Å²) in [6.45, 7) is 0. The van der Waals surface area contributed by atoms with Gasteiger partial charge in [-0.25, -0.2) is 4.98 Å². The second kappa shape index (κ2) is 4.36. The lowest BCUT2D eigenvalue weighted by molar-refractivity contribution is 1.41. The second-order valence-corrected chi connectivity index (χ2v) is 4.77. The van der Waals surface area contributed by atoms with E-state index in [-0.39, 0.29) is 0 Å². The lowest BCUT2D eigenvalue weighted by Crippen LogP contribution is -1.86. The van der Waals surface area contributed by atoms with Crippen LogP contribution in [0.25, 0.3) is 32.9 Å². The first-order chi connectivity index (χ1) is 9.92. The van der Waals surface area contributed by atoms with Crippen molar-refractivity contribution in [2.24, 2.45) is 0 Å². The van der Waals surface area contributed by atoms with Crippen LogP contribution < -0.4 is 0 Å². The van der Waals surface area contributed by atoms with Crippen LogP contribution >= 0.6 is 0 Å². The fourth-order valence-electron chi connectivity index (χ4n) is 2.49. The van der Waals surface area contributed by atoms with Gasteiger partial charge in [0.2, 0.25) is 0 Å². The average Bonchev–Trinajstić information content (AvgIpc) is 2.55. The lowest BCUT2D eigenvalue weighted by Gasteiger charge is -2.05. The molecule has 0 N–H and O–H groups in total. The van der Waals surface area contributed by atoms with E-state index in [1.807, 2.05) is 30.3 Å². The van der Waals surface area contributed by atoms with Gasteiger partial charge in [0.15, 0.2) is 0 Å². The molecule has 0 aliphatic heterocycles. The van der Waals surface area contributed by atoms with Crippen LogP contribution in [0.5, 0.6) is 0 Å². The Kier molecular flexibility index (Phi) is 2.40. The van der Waals surface area contributed by atoms with E-state index in [1.54, 1.807) is 0 Å². The molecule has 0 aliphatic rings. The van der Waals surface area contributed by atoms with E-state index < -0.39 is 0 Å². The van der Waals surface area contributed by atoms with Gasteiger partial charge in [-0.2, -0.15) is 0 Å². The van der Waals surface area contributed by atoms with Gasteiger partial charge in [-0.15, -0.1) is 0 Å². The van der Waals surface area contributed by atoms with Crippen molar-refractivity contribution >= 4 is 21.7 Å². The second-order valence-electron chi connectivity index (χ2n) is 4.77. The number of rotatable bonds is 1. The van der Waals surface area contributed by atoms with Crippen molar-refractivity contribution < 1.29 is 0 Å². The number of pyridine rings is 1. The van der Waals surface area contributed by atoms with Gasteiger partial charge in [-0.1, -0.05) is 60.7 Å². The molecule has 0 saturated heterocycles. The van der Waals surface area contributed by atoms with E-state index in [1.165, 1.54) is 0 Å². The van der Waals surface area contributed by atoms with Gasteiger partial charge in [0.25, 0.3) is 0 Å². The predicted octanol–water partition coefficient (Wildman–Crippen LogP) is 4.66. The molecular formula is C19H11N. The van der Waals surface area contributed by atoms with Crippen molar-refractivity contribution in [1.29, 1.82) is 0 Å². The zero-order valence-electron chi connectivity index (χ0n) is 10.8. The van der Waals surface area contributed by atoms with Gasteiger partial charge in [0, 0.05) is 10.9 Å². The Hall–Kier alpha value is -2.85. The highest BCUT2D eigenvalue weighted by Crippen LogP contribution is 2.25. The van der Waals surface area contributed by atoms with Crippen molar-refractivity contribution in [2.45, 2.75) is 0 Å². The molecule has 4 rings (SSSR count). The SMILES string of the molecule is c1ccc2ccc3ccc(-c4ccccc4)nc3c2c#1. The van der Waals surface area contributed by atoms with Crippen LogP contribution in [0, 0.1) is 12.1 Å². The molecule has 1 aromatic heterocycles. The Morgan fingerprint density at radius 3 is 2.45 bits per heavy atom. The Bertz CT molecular complexity index is 895. The Labute approximate surface area is 117 Å². The molecular weight excluding hydrogens is 242 g/mol. The number of hydrogen-bond donors (Lipinski definition) is 0. The molecule has 1 heteroatoms. The van der Waals surface area contributed by atoms with Crippen molar-refractivity contribution in [3.63, 3.8) is 0 Å². The van der Waals surface area contributed by atoms with E-state index >= 15 is 0 Å². The maximum Gasteiger partial charge on any atom is 0.0872 e. The molecule has 3 aromatic carbocycles. The molecule has 4 aromatic rings. The largest absolute Gasteiger partial charge is 0.246 e. The van der Waals surface area contributed by atoms with E-state index in [0.29, 0.717) is 0 Å². The fraction of sp³-hybridized carbons (Fsp3) is 0. The molecule has 20 heavy (non-hydrogen) atoms. The topological polar surface area (TPSA) is 12.9 Å². The quantitative estimate of drug-likeness (QED) is 0.481. The van der Waals surface area contributed by atoms with E-state index in [2.05, 4.69) is 48.5 Å². The summed E-state index contributed by atoms with van der Waals surface area (Å²) in [6, 6.07) is 28.8. The standard InChI is InChI=1S/C19H11N/c1-2-7-15(8-3-1)18-13-12-16-11-10-14-6-4-5-9-17(14)19(16)20-18/h1-4,6-8,10-13H. The Morgan fingerprint density at radius 2 is 1.55 bits per heavy atom. The maximum absolute atomic E-state index is 4.82. The van der Waals surface area contributed by atoms with Crippen LogP contribution in [0.15, 0.2) is 66.7 Å². The molecule has 0 radical (unpaired) electrons. The van der Waals surface area contributed by atoms with Gasteiger partial charge < -0.3 is 0 Å². The molecule has 92 valence electrons. The summed E-state index contributed by atoms with van der Waals surface area (Å²) in [5.74, 6) is 0. The van der Waals surface area contributed by atoms with E-state index in [0.717, 1.165) is 32.9 Å². The first-order valence-corrected chi connectivity index (χ1v) is 6.59. The average molecular weight is 253 g/mol. The monoisotopic (exact) mass is 253 g/mol. The summed E-state index contributed by atoms with van der Waals surface area (Å²) in [7, 11) is 0.